The van der Waals surface area contributed by atoms with Gasteiger partial charge in [0.25, 0.3) is 0 Å². The zero-order valence-electron chi connectivity index (χ0n) is 16.5. The molecule has 3 rings (SSSR count). The number of ether oxygens (including phenoxy) is 1. The number of nitrogens with zero attached hydrogens (tertiary/aromatic N) is 1. The standard InChI is InChI=1S/C23H23Br2NO3/c1-3-4-17-7-14(2)18-8-15(5-6-22(18)26-17)9-19-20(24)10-16(11-21(19)25)12-29-13-23(27)28/h5-8,10-11H,3-4,9,12-13H2,1-2H3,(H,27,28). The summed E-state index contributed by atoms with van der Waals surface area (Å²) in [5, 5.41) is 9.89. The second kappa shape index (κ2) is 9.83. The van der Waals surface area contributed by atoms with Gasteiger partial charge in [0.15, 0.2) is 0 Å². The lowest BCUT2D eigenvalue weighted by atomic mass is 9.99. The fourth-order valence-corrected chi connectivity index (χ4v) is 4.94. The van der Waals surface area contributed by atoms with Crippen molar-refractivity contribution in [3.05, 3.63) is 73.3 Å². The Kier molecular flexibility index (Phi) is 7.44. The summed E-state index contributed by atoms with van der Waals surface area (Å²) in [6.45, 7) is 4.26. The summed E-state index contributed by atoms with van der Waals surface area (Å²) in [5.41, 5.74) is 6.71. The fourth-order valence-electron chi connectivity index (χ4n) is 3.37. The topological polar surface area (TPSA) is 59.4 Å². The van der Waals surface area contributed by atoms with Gasteiger partial charge in [0.05, 0.1) is 12.1 Å². The molecule has 0 aliphatic rings. The van der Waals surface area contributed by atoms with Gasteiger partial charge in [-0.15, -0.1) is 0 Å². The van der Waals surface area contributed by atoms with Gasteiger partial charge in [-0.25, -0.2) is 4.79 Å². The van der Waals surface area contributed by atoms with E-state index >= 15 is 0 Å². The number of aryl methyl sites for hydroxylation is 2. The van der Waals surface area contributed by atoms with Crippen molar-refractivity contribution in [3.63, 3.8) is 0 Å². The third kappa shape index (κ3) is 5.65. The first-order valence-corrected chi connectivity index (χ1v) is 11.1. The molecule has 0 unspecified atom stereocenters. The first-order chi connectivity index (χ1) is 13.9. The predicted molar refractivity (Wildman–Crippen MR) is 122 cm³/mol. The highest BCUT2D eigenvalue weighted by Crippen LogP contribution is 2.31. The van der Waals surface area contributed by atoms with Crippen LogP contribution in [0.3, 0.4) is 0 Å². The number of rotatable bonds is 8. The van der Waals surface area contributed by atoms with Crippen LogP contribution in [0.25, 0.3) is 10.9 Å². The van der Waals surface area contributed by atoms with Crippen molar-refractivity contribution < 1.29 is 14.6 Å². The minimum Gasteiger partial charge on any atom is -0.480 e. The number of benzene rings is 2. The van der Waals surface area contributed by atoms with Crippen molar-refractivity contribution in [1.82, 2.24) is 4.98 Å². The molecule has 152 valence electrons. The highest BCUT2D eigenvalue weighted by atomic mass is 79.9. The van der Waals surface area contributed by atoms with Gasteiger partial charge >= 0.3 is 5.97 Å². The van der Waals surface area contributed by atoms with Gasteiger partial charge in [-0.2, -0.15) is 0 Å². The maximum absolute atomic E-state index is 10.6. The zero-order chi connectivity index (χ0) is 21.0. The van der Waals surface area contributed by atoms with E-state index in [1.54, 1.807) is 0 Å². The van der Waals surface area contributed by atoms with Crippen LogP contribution >= 0.6 is 31.9 Å². The van der Waals surface area contributed by atoms with Crippen molar-refractivity contribution >= 4 is 48.7 Å². The number of halogens is 2. The maximum Gasteiger partial charge on any atom is 0.329 e. The van der Waals surface area contributed by atoms with E-state index in [1.807, 2.05) is 12.1 Å². The first-order valence-electron chi connectivity index (χ1n) is 9.53. The molecule has 0 aliphatic heterocycles. The number of hydrogen-bond acceptors (Lipinski definition) is 3. The summed E-state index contributed by atoms with van der Waals surface area (Å²) in [7, 11) is 0. The lowest BCUT2D eigenvalue weighted by Crippen LogP contribution is -2.07. The Bertz CT molecular complexity index is 1030. The Morgan fingerprint density at radius 3 is 2.48 bits per heavy atom. The third-order valence-corrected chi connectivity index (χ3v) is 6.13. The fraction of sp³-hybridized carbons (Fsp3) is 0.304. The minimum absolute atomic E-state index is 0.255. The van der Waals surface area contributed by atoms with Crippen LogP contribution in [-0.4, -0.2) is 22.7 Å². The molecule has 0 aliphatic carbocycles. The van der Waals surface area contributed by atoms with E-state index < -0.39 is 5.97 Å². The van der Waals surface area contributed by atoms with Gasteiger partial charge in [0.1, 0.15) is 6.61 Å². The zero-order valence-corrected chi connectivity index (χ0v) is 19.6. The predicted octanol–water partition coefficient (Wildman–Crippen LogP) is 6.21. The Morgan fingerprint density at radius 2 is 1.83 bits per heavy atom. The molecule has 6 heteroatoms. The number of aromatic nitrogens is 1. The maximum atomic E-state index is 10.6. The second-order valence-electron chi connectivity index (χ2n) is 7.13. The van der Waals surface area contributed by atoms with Gasteiger partial charge < -0.3 is 9.84 Å². The summed E-state index contributed by atoms with van der Waals surface area (Å²) in [6.07, 6.45) is 2.86. The number of carbonyl (C=O) groups is 1. The van der Waals surface area contributed by atoms with Crippen molar-refractivity contribution in [3.8, 4) is 0 Å². The van der Waals surface area contributed by atoms with Crippen molar-refractivity contribution in [2.75, 3.05) is 6.61 Å². The average molecular weight is 521 g/mol. The number of carboxylic acids is 1. The van der Waals surface area contributed by atoms with E-state index in [0.29, 0.717) is 0 Å². The smallest absolute Gasteiger partial charge is 0.329 e. The van der Waals surface area contributed by atoms with E-state index in [-0.39, 0.29) is 13.2 Å². The molecular formula is C23H23Br2NO3. The third-order valence-electron chi connectivity index (χ3n) is 4.72. The molecule has 1 aromatic heterocycles. The Balaban J connectivity index is 1.83. The first kappa shape index (κ1) is 21.9. The van der Waals surface area contributed by atoms with E-state index in [4.69, 9.17) is 14.8 Å². The van der Waals surface area contributed by atoms with Crippen molar-refractivity contribution in [2.45, 2.75) is 39.7 Å². The largest absolute Gasteiger partial charge is 0.480 e. The molecule has 3 aromatic rings. The summed E-state index contributed by atoms with van der Waals surface area (Å²) in [5.74, 6) is -0.970. The van der Waals surface area contributed by atoms with Crippen LogP contribution in [0.15, 0.2) is 45.3 Å². The number of aliphatic carboxylic acids is 1. The lowest BCUT2D eigenvalue weighted by Gasteiger charge is -2.12. The van der Waals surface area contributed by atoms with Gasteiger partial charge in [0, 0.05) is 20.0 Å². The van der Waals surface area contributed by atoms with E-state index in [2.05, 4.69) is 70.0 Å². The van der Waals surface area contributed by atoms with Crippen LogP contribution in [0, 0.1) is 6.92 Å². The second-order valence-corrected chi connectivity index (χ2v) is 8.84. The van der Waals surface area contributed by atoms with Crippen LogP contribution < -0.4 is 0 Å². The molecule has 0 amide bonds. The number of carboxylic acid groups (broad SMARTS) is 1. The van der Waals surface area contributed by atoms with Crippen molar-refractivity contribution in [2.24, 2.45) is 0 Å². The molecule has 29 heavy (non-hydrogen) atoms. The summed E-state index contributed by atoms with van der Waals surface area (Å²) in [4.78, 5) is 15.4. The summed E-state index contributed by atoms with van der Waals surface area (Å²) in [6, 6.07) is 12.6. The molecule has 1 N–H and O–H groups in total. The quantitative estimate of drug-likeness (QED) is 0.383. The summed E-state index contributed by atoms with van der Waals surface area (Å²) >= 11 is 7.31. The molecule has 0 bridgehead atoms. The normalized spacial score (nSPS) is 11.2. The van der Waals surface area contributed by atoms with Crippen LogP contribution in [0.1, 0.15) is 41.3 Å². The molecule has 0 saturated carbocycles. The molecule has 0 atom stereocenters. The molecule has 4 nitrogen and oxygen atoms in total. The molecular weight excluding hydrogens is 498 g/mol. The number of hydrogen-bond donors (Lipinski definition) is 1. The highest BCUT2D eigenvalue weighted by Gasteiger charge is 2.11. The molecule has 0 saturated heterocycles. The van der Waals surface area contributed by atoms with Crippen molar-refractivity contribution in [1.29, 1.82) is 0 Å². The van der Waals surface area contributed by atoms with Crippen LogP contribution in [-0.2, 0) is 29.0 Å². The number of pyridine rings is 1. The molecule has 0 spiro atoms. The highest BCUT2D eigenvalue weighted by molar-refractivity contribution is 9.11. The van der Waals surface area contributed by atoms with Gasteiger partial charge in [0.2, 0.25) is 0 Å². The van der Waals surface area contributed by atoms with Gasteiger partial charge in [-0.1, -0.05) is 51.3 Å². The molecule has 2 aromatic carbocycles. The Labute approximate surface area is 187 Å². The van der Waals surface area contributed by atoms with E-state index in [1.165, 1.54) is 16.5 Å². The Hall–Kier alpha value is -1.76. The van der Waals surface area contributed by atoms with Crippen LogP contribution in [0.2, 0.25) is 0 Å². The van der Waals surface area contributed by atoms with Crippen LogP contribution in [0.5, 0.6) is 0 Å². The van der Waals surface area contributed by atoms with E-state index in [0.717, 1.165) is 50.5 Å². The monoisotopic (exact) mass is 519 g/mol. The number of fused-ring (bicyclic) bond motifs is 1. The van der Waals surface area contributed by atoms with E-state index in [9.17, 15) is 4.79 Å². The van der Waals surface area contributed by atoms with Gasteiger partial charge in [-0.3, -0.25) is 4.98 Å². The molecule has 0 radical (unpaired) electrons. The molecule has 0 fully saturated rings. The Morgan fingerprint density at radius 1 is 1.10 bits per heavy atom. The molecule has 1 heterocycles. The van der Waals surface area contributed by atoms with Crippen LogP contribution in [0.4, 0.5) is 0 Å². The summed E-state index contributed by atoms with van der Waals surface area (Å²) < 4.78 is 7.12. The average Bonchev–Trinajstić information content (AvgIpc) is 2.65. The lowest BCUT2D eigenvalue weighted by molar-refractivity contribution is -0.142. The minimum atomic E-state index is -0.970. The van der Waals surface area contributed by atoms with Gasteiger partial charge in [-0.05, 0) is 72.4 Å². The SMILES string of the molecule is CCCc1cc(C)c2cc(Cc3c(Br)cc(COCC(=O)O)cc3Br)ccc2n1.